The third-order valence-corrected chi connectivity index (χ3v) is 6.07. The van der Waals surface area contributed by atoms with Gasteiger partial charge in [-0.15, -0.1) is 0 Å². The summed E-state index contributed by atoms with van der Waals surface area (Å²) in [6, 6.07) is 6.05. The van der Waals surface area contributed by atoms with E-state index in [0.717, 1.165) is 10.8 Å². The first-order valence-electron chi connectivity index (χ1n) is 7.85. The summed E-state index contributed by atoms with van der Waals surface area (Å²) < 4.78 is 25.2. The lowest BCUT2D eigenvalue weighted by Gasteiger charge is -2.21. The number of anilines is 1. The maximum Gasteiger partial charge on any atom is 0.321 e. The van der Waals surface area contributed by atoms with Crippen LogP contribution in [0.3, 0.4) is 0 Å². The van der Waals surface area contributed by atoms with E-state index in [1.54, 1.807) is 24.1 Å². The fraction of sp³-hybridized carbons (Fsp3) is 0.562. The van der Waals surface area contributed by atoms with Crippen molar-refractivity contribution in [2.45, 2.75) is 30.6 Å². The summed E-state index contributed by atoms with van der Waals surface area (Å²) >= 11 is 0. The Labute approximate surface area is 138 Å². The Bertz CT molecular complexity index is 635. The molecule has 1 fully saturated rings. The highest BCUT2D eigenvalue weighted by molar-refractivity contribution is 7.89. The van der Waals surface area contributed by atoms with Crippen molar-refractivity contribution in [1.82, 2.24) is 9.21 Å². The first-order valence-corrected chi connectivity index (χ1v) is 9.29. The molecule has 1 N–H and O–H groups in total. The van der Waals surface area contributed by atoms with Crippen LogP contribution in [-0.2, 0) is 10.0 Å². The van der Waals surface area contributed by atoms with Gasteiger partial charge < -0.3 is 10.2 Å². The van der Waals surface area contributed by atoms with Gasteiger partial charge in [-0.3, -0.25) is 0 Å². The van der Waals surface area contributed by atoms with Gasteiger partial charge in [0.15, 0.2) is 0 Å². The van der Waals surface area contributed by atoms with Gasteiger partial charge in [-0.2, -0.15) is 0 Å². The molecule has 1 aromatic carbocycles. The van der Waals surface area contributed by atoms with Gasteiger partial charge >= 0.3 is 6.03 Å². The summed E-state index contributed by atoms with van der Waals surface area (Å²) in [5, 5.41) is 2.80. The van der Waals surface area contributed by atoms with Gasteiger partial charge in [0, 0.05) is 33.4 Å². The molecular weight excluding hydrogens is 314 g/mol. The molecule has 1 saturated carbocycles. The third-order valence-electron chi connectivity index (χ3n) is 4.24. The van der Waals surface area contributed by atoms with Gasteiger partial charge in [-0.1, -0.05) is 12.8 Å². The van der Waals surface area contributed by atoms with E-state index in [1.807, 2.05) is 0 Å². The fourth-order valence-electron chi connectivity index (χ4n) is 2.80. The number of carbonyl (C=O) groups excluding carboxylic acids is 1. The molecule has 23 heavy (non-hydrogen) atoms. The highest BCUT2D eigenvalue weighted by atomic mass is 32.2. The van der Waals surface area contributed by atoms with Gasteiger partial charge in [-0.25, -0.2) is 17.5 Å². The average Bonchev–Trinajstić information content (AvgIpc) is 3.00. The molecule has 0 radical (unpaired) electrons. The number of hydrogen-bond donors (Lipinski definition) is 1. The van der Waals surface area contributed by atoms with Crippen LogP contribution < -0.4 is 5.32 Å². The third kappa shape index (κ3) is 4.45. The van der Waals surface area contributed by atoms with Crippen LogP contribution in [0.1, 0.15) is 25.7 Å². The summed E-state index contributed by atoms with van der Waals surface area (Å²) in [7, 11) is 1.32. The lowest BCUT2D eigenvalue weighted by molar-refractivity contribution is 0.214. The Balaban J connectivity index is 1.96. The van der Waals surface area contributed by atoms with Crippen molar-refractivity contribution in [1.29, 1.82) is 0 Å². The van der Waals surface area contributed by atoms with Crippen LogP contribution in [0.5, 0.6) is 0 Å². The molecule has 1 aliphatic carbocycles. The molecule has 0 bridgehead atoms. The predicted octanol–water partition coefficient (Wildman–Crippen LogP) is 2.59. The highest BCUT2D eigenvalue weighted by Crippen LogP contribution is 2.25. The summed E-state index contributed by atoms with van der Waals surface area (Å²) in [5.74, 6) is 0.596. The molecule has 2 amide bonds. The van der Waals surface area contributed by atoms with Crippen molar-refractivity contribution in [2.24, 2.45) is 5.92 Å². The Morgan fingerprint density at radius 3 is 2.22 bits per heavy atom. The molecule has 0 saturated heterocycles. The van der Waals surface area contributed by atoms with E-state index in [1.165, 1.54) is 51.9 Å². The van der Waals surface area contributed by atoms with E-state index in [0.29, 0.717) is 11.6 Å². The van der Waals surface area contributed by atoms with Gasteiger partial charge in [0.2, 0.25) is 10.0 Å². The molecule has 7 heteroatoms. The predicted molar refractivity (Wildman–Crippen MR) is 90.9 cm³/mol. The van der Waals surface area contributed by atoms with Crippen LogP contribution in [0.2, 0.25) is 0 Å². The second kappa shape index (κ2) is 7.31. The number of benzene rings is 1. The van der Waals surface area contributed by atoms with E-state index in [-0.39, 0.29) is 10.9 Å². The number of hydrogen-bond acceptors (Lipinski definition) is 3. The summed E-state index contributed by atoms with van der Waals surface area (Å²) in [6.45, 7) is 0.763. The maximum absolute atomic E-state index is 12.2. The molecule has 0 aromatic heterocycles. The van der Waals surface area contributed by atoms with Crippen LogP contribution >= 0.6 is 0 Å². The number of sulfonamides is 1. The monoisotopic (exact) mass is 339 g/mol. The molecule has 1 aromatic rings. The summed E-state index contributed by atoms with van der Waals surface area (Å²) in [4.78, 5) is 14.1. The lowest BCUT2D eigenvalue weighted by atomic mass is 10.1. The Kier molecular flexibility index (Phi) is 5.64. The van der Waals surface area contributed by atoms with Crippen molar-refractivity contribution in [3.8, 4) is 0 Å². The number of urea groups is 1. The number of carbonyl (C=O) groups is 1. The molecule has 0 spiro atoms. The molecule has 0 heterocycles. The van der Waals surface area contributed by atoms with Gasteiger partial charge in [-0.05, 0) is 43.0 Å². The lowest BCUT2D eigenvalue weighted by Crippen LogP contribution is -2.34. The second-order valence-electron chi connectivity index (χ2n) is 6.27. The van der Waals surface area contributed by atoms with Crippen molar-refractivity contribution < 1.29 is 13.2 Å². The minimum Gasteiger partial charge on any atom is -0.327 e. The zero-order chi connectivity index (χ0) is 17.0. The van der Waals surface area contributed by atoms with Gasteiger partial charge in [0.25, 0.3) is 0 Å². The van der Waals surface area contributed by atoms with Gasteiger partial charge in [0.05, 0.1) is 4.90 Å². The Morgan fingerprint density at radius 2 is 1.70 bits per heavy atom. The maximum atomic E-state index is 12.2. The molecule has 0 atom stereocenters. The van der Waals surface area contributed by atoms with Crippen molar-refractivity contribution in [2.75, 3.05) is 33.0 Å². The quantitative estimate of drug-likeness (QED) is 0.896. The number of amides is 2. The van der Waals surface area contributed by atoms with Crippen LogP contribution in [0.25, 0.3) is 0 Å². The van der Waals surface area contributed by atoms with Crippen molar-refractivity contribution >= 4 is 21.7 Å². The topological polar surface area (TPSA) is 69.7 Å². The zero-order valence-electron chi connectivity index (χ0n) is 13.9. The number of nitrogens with zero attached hydrogens (tertiary/aromatic N) is 2. The fourth-order valence-corrected chi connectivity index (χ4v) is 3.70. The van der Waals surface area contributed by atoms with Crippen LogP contribution in [0, 0.1) is 5.92 Å². The van der Waals surface area contributed by atoms with E-state index in [4.69, 9.17) is 0 Å². The highest BCUT2D eigenvalue weighted by Gasteiger charge is 2.20. The smallest absolute Gasteiger partial charge is 0.321 e. The number of rotatable bonds is 5. The van der Waals surface area contributed by atoms with E-state index >= 15 is 0 Å². The van der Waals surface area contributed by atoms with Crippen molar-refractivity contribution in [3.05, 3.63) is 24.3 Å². The standard InChI is InChI=1S/C16H25N3O3S/c1-18(2)23(21,22)15-10-8-14(9-11-15)17-16(20)19(3)12-13-6-4-5-7-13/h8-11,13H,4-7,12H2,1-3H3,(H,17,20). The van der Waals surface area contributed by atoms with E-state index < -0.39 is 10.0 Å². The van der Waals surface area contributed by atoms with Gasteiger partial charge in [0.1, 0.15) is 0 Å². The molecule has 6 nitrogen and oxygen atoms in total. The minimum atomic E-state index is -3.44. The van der Waals surface area contributed by atoms with E-state index in [9.17, 15) is 13.2 Å². The first kappa shape index (κ1) is 17.7. The van der Waals surface area contributed by atoms with Crippen LogP contribution in [-0.4, -0.2) is 51.3 Å². The first-order chi connectivity index (χ1) is 10.8. The number of nitrogens with one attached hydrogen (secondary N) is 1. The Morgan fingerprint density at radius 1 is 1.13 bits per heavy atom. The van der Waals surface area contributed by atoms with Crippen molar-refractivity contribution in [3.63, 3.8) is 0 Å². The van der Waals surface area contributed by atoms with Crippen LogP contribution in [0.15, 0.2) is 29.2 Å². The molecular formula is C16H25N3O3S. The molecule has 0 aliphatic heterocycles. The zero-order valence-corrected chi connectivity index (χ0v) is 14.8. The minimum absolute atomic E-state index is 0.167. The average molecular weight is 339 g/mol. The SMILES string of the molecule is CN(CC1CCCC1)C(=O)Nc1ccc(S(=O)(=O)N(C)C)cc1. The summed E-state index contributed by atoms with van der Waals surface area (Å²) in [5.41, 5.74) is 0.589. The van der Waals surface area contributed by atoms with E-state index in [2.05, 4.69) is 5.32 Å². The Hall–Kier alpha value is -1.60. The molecule has 2 rings (SSSR count). The largest absolute Gasteiger partial charge is 0.327 e. The molecule has 0 unspecified atom stereocenters. The molecule has 1 aliphatic rings. The molecule has 128 valence electrons. The second-order valence-corrected chi connectivity index (χ2v) is 8.42. The normalized spacial score (nSPS) is 15.8. The summed E-state index contributed by atoms with van der Waals surface area (Å²) in [6.07, 6.45) is 4.88. The van der Waals surface area contributed by atoms with Crippen LogP contribution in [0.4, 0.5) is 10.5 Å².